The summed E-state index contributed by atoms with van der Waals surface area (Å²) in [6.07, 6.45) is 0. The third kappa shape index (κ3) is 3.45. The molecule has 0 amide bonds. The fraction of sp³-hybridized carbons (Fsp3) is 0. The molecule has 0 aliphatic carbocycles. The molecule has 0 heterocycles. The zero-order valence-electron chi connectivity index (χ0n) is 10.1. The highest BCUT2D eigenvalue weighted by molar-refractivity contribution is 9.10. The fourth-order valence-electron chi connectivity index (χ4n) is 1.51. The fourth-order valence-corrected chi connectivity index (χ4v) is 3.13. The lowest BCUT2D eigenvalue weighted by Gasteiger charge is -2.11. The van der Waals surface area contributed by atoms with Crippen LogP contribution in [0.5, 0.6) is 5.75 Å². The number of anilines is 1. The molecule has 2 aromatic rings. The first-order valence-electron chi connectivity index (χ1n) is 5.36. The Hall–Kier alpha value is -1.38. The predicted octanol–water partition coefficient (Wildman–Crippen LogP) is 3.89. The van der Waals surface area contributed by atoms with Crippen LogP contribution in [0.4, 0.5) is 14.5 Å². The molecule has 9 heteroatoms. The minimum atomic E-state index is -4.30. The van der Waals surface area contributed by atoms with Crippen LogP contribution >= 0.6 is 27.5 Å². The van der Waals surface area contributed by atoms with Gasteiger partial charge in [0.05, 0.1) is 10.7 Å². The molecule has 0 atom stereocenters. The SMILES string of the molecule is O=S(=O)(Nc1cc(Cl)c(F)cc1O)c1ccc(Br)cc1F. The van der Waals surface area contributed by atoms with E-state index >= 15 is 0 Å². The van der Waals surface area contributed by atoms with E-state index in [9.17, 15) is 22.3 Å². The van der Waals surface area contributed by atoms with Gasteiger partial charge in [0, 0.05) is 10.5 Å². The van der Waals surface area contributed by atoms with E-state index in [1.807, 2.05) is 4.72 Å². The van der Waals surface area contributed by atoms with Gasteiger partial charge in [-0.1, -0.05) is 27.5 Å². The van der Waals surface area contributed by atoms with Crippen LogP contribution in [-0.4, -0.2) is 13.5 Å². The van der Waals surface area contributed by atoms with E-state index in [4.69, 9.17) is 11.6 Å². The van der Waals surface area contributed by atoms with Crippen molar-refractivity contribution in [2.75, 3.05) is 4.72 Å². The van der Waals surface area contributed by atoms with Crippen molar-refractivity contribution in [3.63, 3.8) is 0 Å². The van der Waals surface area contributed by atoms with Crippen molar-refractivity contribution in [2.45, 2.75) is 4.90 Å². The molecule has 112 valence electrons. The first-order chi connectivity index (χ1) is 9.70. The number of aromatic hydroxyl groups is 1. The molecule has 0 bridgehead atoms. The number of phenols is 1. The van der Waals surface area contributed by atoms with Crippen molar-refractivity contribution in [1.82, 2.24) is 0 Å². The monoisotopic (exact) mass is 397 g/mol. The second kappa shape index (κ2) is 5.78. The van der Waals surface area contributed by atoms with Gasteiger partial charge in [-0.25, -0.2) is 17.2 Å². The number of halogens is 4. The Morgan fingerprint density at radius 3 is 2.43 bits per heavy atom. The van der Waals surface area contributed by atoms with Gasteiger partial charge in [-0.3, -0.25) is 4.72 Å². The van der Waals surface area contributed by atoms with Crippen molar-refractivity contribution < 1.29 is 22.3 Å². The van der Waals surface area contributed by atoms with Gasteiger partial charge in [0.15, 0.2) is 0 Å². The van der Waals surface area contributed by atoms with Crippen molar-refractivity contribution in [3.05, 3.63) is 51.5 Å². The highest BCUT2D eigenvalue weighted by Gasteiger charge is 2.21. The van der Waals surface area contributed by atoms with Crippen LogP contribution in [0.2, 0.25) is 5.02 Å². The second-order valence-corrected chi connectivity index (χ2v) is 6.94. The molecular formula is C12H7BrClF2NO3S. The number of phenolic OH excluding ortho intramolecular Hbond substituents is 1. The van der Waals surface area contributed by atoms with E-state index < -0.39 is 32.3 Å². The molecule has 2 rings (SSSR count). The van der Waals surface area contributed by atoms with Crippen LogP contribution in [0.3, 0.4) is 0 Å². The standard InChI is InChI=1S/C12H7BrClF2NO3S/c13-6-1-2-12(9(16)3-6)21(19,20)17-10-4-7(14)8(15)5-11(10)18/h1-5,17-18H. The molecule has 0 saturated heterocycles. The zero-order chi connectivity index (χ0) is 15.8. The van der Waals surface area contributed by atoms with Crippen LogP contribution in [0.1, 0.15) is 0 Å². The van der Waals surface area contributed by atoms with E-state index in [0.717, 1.165) is 18.2 Å². The summed E-state index contributed by atoms with van der Waals surface area (Å²) in [6, 6.07) is 4.91. The average Bonchev–Trinajstić information content (AvgIpc) is 2.35. The minimum Gasteiger partial charge on any atom is -0.506 e. The van der Waals surface area contributed by atoms with E-state index in [2.05, 4.69) is 15.9 Å². The first kappa shape index (κ1) is 16.0. The Morgan fingerprint density at radius 2 is 1.81 bits per heavy atom. The number of rotatable bonds is 3. The number of hydrogen-bond acceptors (Lipinski definition) is 3. The number of hydrogen-bond donors (Lipinski definition) is 2. The van der Waals surface area contributed by atoms with Crippen LogP contribution in [0, 0.1) is 11.6 Å². The molecule has 0 radical (unpaired) electrons. The molecule has 0 fully saturated rings. The summed E-state index contributed by atoms with van der Waals surface area (Å²) in [5.74, 6) is -2.56. The van der Waals surface area contributed by atoms with Crippen molar-refractivity contribution in [3.8, 4) is 5.75 Å². The van der Waals surface area contributed by atoms with Gasteiger partial charge in [-0.05, 0) is 24.3 Å². The Balaban J connectivity index is 2.45. The molecule has 0 aliphatic heterocycles. The van der Waals surface area contributed by atoms with E-state index in [1.165, 1.54) is 6.07 Å². The Kier molecular flexibility index (Phi) is 4.40. The lowest BCUT2D eigenvalue weighted by atomic mass is 10.3. The van der Waals surface area contributed by atoms with Gasteiger partial charge in [0.25, 0.3) is 10.0 Å². The maximum absolute atomic E-state index is 13.7. The topological polar surface area (TPSA) is 66.4 Å². The smallest absolute Gasteiger partial charge is 0.264 e. The molecule has 0 saturated carbocycles. The first-order valence-corrected chi connectivity index (χ1v) is 8.02. The van der Waals surface area contributed by atoms with Gasteiger partial charge in [0.2, 0.25) is 0 Å². The van der Waals surface area contributed by atoms with E-state index in [-0.39, 0.29) is 10.7 Å². The highest BCUT2D eigenvalue weighted by atomic mass is 79.9. The Labute approximate surface area is 132 Å². The second-order valence-electron chi connectivity index (χ2n) is 3.96. The van der Waals surface area contributed by atoms with Gasteiger partial charge in [0.1, 0.15) is 22.3 Å². The third-order valence-corrected chi connectivity index (χ3v) is 4.65. The van der Waals surface area contributed by atoms with Gasteiger partial charge in [-0.2, -0.15) is 0 Å². The van der Waals surface area contributed by atoms with Gasteiger partial charge < -0.3 is 5.11 Å². The van der Waals surface area contributed by atoms with Crippen LogP contribution in [0.25, 0.3) is 0 Å². The molecule has 0 spiro atoms. The van der Waals surface area contributed by atoms with E-state index in [0.29, 0.717) is 10.5 Å². The molecule has 2 N–H and O–H groups in total. The summed E-state index contributed by atoms with van der Waals surface area (Å²) in [5.41, 5.74) is -0.358. The number of sulfonamides is 1. The molecule has 21 heavy (non-hydrogen) atoms. The maximum Gasteiger partial charge on any atom is 0.264 e. The van der Waals surface area contributed by atoms with Gasteiger partial charge in [-0.15, -0.1) is 0 Å². The van der Waals surface area contributed by atoms with Crippen molar-refractivity contribution in [1.29, 1.82) is 0 Å². The van der Waals surface area contributed by atoms with Gasteiger partial charge >= 0.3 is 0 Å². The summed E-state index contributed by atoms with van der Waals surface area (Å²) in [7, 11) is -4.30. The molecule has 0 unspecified atom stereocenters. The summed E-state index contributed by atoms with van der Waals surface area (Å²) in [4.78, 5) is -0.620. The quantitative estimate of drug-likeness (QED) is 0.771. The maximum atomic E-state index is 13.7. The largest absolute Gasteiger partial charge is 0.506 e. The van der Waals surface area contributed by atoms with Crippen LogP contribution in [0.15, 0.2) is 39.7 Å². The number of nitrogens with one attached hydrogen (secondary N) is 1. The van der Waals surface area contributed by atoms with Crippen LogP contribution < -0.4 is 4.72 Å². The van der Waals surface area contributed by atoms with Crippen molar-refractivity contribution in [2.24, 2.45) is 0 Å². The Bertz CT molecular complexity index is 814. The number of benzene rings is 2. The van der Waals surface area contributed by atoms with Crippen molar-refractivity contribution >= 4 is 43.2 Å². The highest BCUT2D eigenvalue weighted by Crippen LogP contribution is 2.31. The normalized spacial score (nSPS) is 11.4. The lowest BCUT2D eigenvalue weighted by molar-refractivity contribution is 0.471. The summed E-state index contributed by atoms with van der Waals surface area (Å²) in [6.45, 7) is 0. The summed E-state index contributed by atoms with van der Waals surface area (Å²) < 4.78 is 53.2. The summed E-state index contributed by atoms with van der Waals surface area (Å²) >= 11 is 8.52. The molecule has 0 aromatic heterocycles. The lowest BCUT2D eigenvalue weighted by Crippen LogP contribution is -2.14. The predicted molar refractivity (Wildman–Crippen MR) is 78.0 cm³/mol. The average molecular weight is 399 g/mol. The minimum absolute atomic E-state index is 0.358. The van der Waals surface area contributed by atoms with Crippen LogP contribution in [-0.2, 0) is 10.0 Å². The third-order valence-electron chi connectivity index (χ3n) is 2.47. The molecular weight excluding hydrogens is 392 g/mol. The summed E-state index contributed by atoms with van der Waals surface area (Å²) in [5, 5.41) is 9.13. The zero-order valence-corrected chi connectivity index (χ0v) is 13.2. The van der Waals surface area contributed by atoms with E-state index in [1.54, 1.807) is 0 Å². The molecule has 2 aromatic carbocycles. The Morgan fingerprint density at radius 1 is 1.14 bits per heavy atom. The molecule has 0 aliphatic rings. The molecule has 4 nitrogen and oxygen atoms in total.